The Morgan fingerprint density at radius 3 is 2.86 bits per heavy atom. The second-order valence-corrected chi connectivity index (χ2v) is 2.92. The third-order valence-corrected chi connectivity index (χ3v) is 1.97. The molecule has 4 heteroatoms. The molecule has 0 unspecified atom stereocenters. The molecule has 0 aliphatic carbocycles. The first-order chi connectivity index (χ1) is 6.72. The van der Waals surface area contributed by atoms with Crippen LogP contribution in [0.3, 0.4) is 0 Å². The van der Waals surface area contributed by atoms with Gasteiger partial charge < -0.3 is 0 Å². The Bertz CT molecular complexity index is 511. The lowest BCUT2D eigenvalue weighted by Crippen LogP contribution is -1.98. The van der Waals surface area contributed by atoms with Crippen LogP contribution >= 0.6 is 0 Å². The summed E-state index contributed by atoms with van der Waals surface area (Å²) < 4.78 is 13.2. The van der Waals surface area contributed by atoms with Crippen LogP contribution in [0.1, 0.15) is 16.2 Å². The van der Waals surface area contributed by atoms with Crippen molar-refractivity contribution in [3.8, 4) is 0 Å². The van der Waals surface area contributed by atoms with Gasteiger partial charge in [0.25, 0.3) is 0 Å². The average molecular weight is 190 g/mol. The van der Waals surface area contributed by atoms with Crippen LogP contribution in [0.5, 0.6) is 0 Å². The summed E-state index contributed by atoms with van der Waals surface area (Å²) in [5.74, 6) is -0.421. The second kappa shape index (κ2) is 3.14. The quantitative estimate of drug-likeness (QED) is 0.645. The molecule has 2 aromatic rings. The lowest BCUT2D eigenvalue weighted by Gasteiger charge is -2.01. The number of aromatic nitrogens is 2. The van der Waals surface area contributed by atoms with Gasteiger partial charge in [-0.25, -0.2) is 14.4 Å². The minimum Gasteiger partial charge on any atom is -0.296 e. The van der Waals surface area contributed by atoms with E-state index in [1.165, 1.54) is 12.1 Å². The molecule has 0 saturated heterocycles. The largest absolute Gasteiger partial charge is 0.296 e. The highest BCUT2D eigenvalue weighted by Gasteiger charge is 2.06. The van der Waals surface area contributed by atoms with Crippen LogP contribution in [-0.4, -0.2) is 16.3 Å². The zero-order chi connectivity index (χ0) is 10.1. The lowest BCUT2D eigenvalue weighted by atomic mass is 10.2. The molecule has 14 heavy (non-hydrogen) atoms. The monoisotopic (exact) mass is 190 g/mol. The Morgan fingerprint density at radius 2 is 2.14 bits per heavy atom. The van der Waals surface area contributed by atoms with Gasteiger partial charge in [0, 0.05) is 0 Å². The number of para-hydroxylation sites is 1. The van der Waals surface area contributed by atoms with Crippen molar-refractivity contribution in [3.05, 3.63) is 35.4 Å². The summed E-state index contributed by atoms with van der Waals surface area (Å²) in [6, 6.07) is 4.48. The summed E-state index contributed by atoms with van der Waals surface area (Å²) in [7, 11) is 0. The maximum absolute atomic E-state index is 13.2. The van der Waals surface area contributed by atoms with Crippen molar-refractivity contribution >= 4 is 17.3 Å². The molecule has 0 atom stereocenters. The summed E-state index contributed by atoms with van der Waals surface area (Å²) in [6.07, 6.45) is 0.618. The van der Waals surface area contributed by atoms with Gasteiger partial charge in [-0.15, -0.1) is 0 Å². The first kappa shape index (κ1) is 8.74. The number of halogens is 1. The van der Waals surface area contributed by atoms with Crippen LogP contribution < -0.4 is 0 Å². The fraction of sp³-hybridized carbons (Fsp3) is 0.100. The van der Waals surface area contributed by atoms with E-state index in [1.54, 1.807) is 13.0 Å². The normalized spacial score (nSPS) is 10.4. The number of nitrogens with zero attached hydrogens (tertiary/aromatic N) is 2. The van der Waals surface area contributed by atoms with Gasteiger partial charge in [0.15, 0.2) is 12.1 Å². The fourth-order valence-electron chi connectivity index (χ4n) is 1.25. The van der Waals surface area contributed by atoms with E-state index in [9.17, 15) is 9.18 Å². The number of carbonyl (C=O) groups excluding carboxylic acids is 1. The van der Waals surface area contributed by atoms with E-state index in [0.29, 0.717) is 17.5 Å². The first-order valence-corrected chi connectivity index (χ1v) is 4.10. The highest BCUT2D eigenvalue weighted by molar-refractivity contribution is 5.81. The summed E-state index contributed by atoms with van der Waals surface area (Å²) >= 11 is 0. The minimum atomic E-state index is -0.421. The number of rotatable bonds is 1. The van der Waals surface area contributed by atoms with Crippen molar-refractivity contribution in [2.45, 2.75) is 6.92 Å². The Balaban J connectivity index is 2.85. The number of carbonyl (C=O) groups is 1. The van der Waals surface area contributed by atoms with Crippen molar-refractivity contribution in [2.24, 2.45) is 0 Å². The molecule has 0 aliphatic heterocycles. The highest BCUT2D eigenvalue weighted by Crippen LogP contribution is 2.14. The number of aldehydes is 1. The maximum Gasteiger partial charge on any atom is 0.170 e. The molecule has 0 saturated carbocycles. The third-order valence-electron chi connectivity index (χ3n) is 1.97. The van der Waals surface area contributed by atoms with Gasteiger partial charge in [-0.3, -0.25) is 4.79 Å². The Kier molecular flexibility index (Phi) is 1.96. The molecule has 1 aromatic heterocycles. The molecule has 0 bridgehead atoms. The van der Waals surface area contributed by atoms with E-state index in [0.717, 1.165) is 0 Å². The van der Waals surface area contributed by atoms with Crippen LogP contribution in [-0.2, 0) is 0 Å². The van der Waals surface area contributed by atoms with Crippen molar-refractivity contribution < 1.29 is 9.18 Å². The van der Waals surface area contributed by atoms with E-state index in [-0.39, 0.29) is 11.2 Å². The van der Waals surface area contributed by atoms with Crippen LogP contribution in [0.25, 0.3) is 11.0 Å². The molecule has 70 valence electrons. The molecule has 0 fully saturated rings. The Morgan fingerprint density at radius 1 is 1.36 bits per heavy atom. The molecule has 0 spiro atoms. The molecule has 2 rings (SSSR count). The van der Waals surface area contributed by atoms with Crippen LogP contribution in [0, 0.1) is 12.7 Å². The molecule has 3 nitrogen and oxygen atoms in total. The smallest absolute Gasteiger partial charge is 0.170 e. The predicted molar refractivity (Wildman–Crippen MR) is 49.6 cm³/mol. The SMILES string of the molecule is Cc1nc2c(F)cccc2nc1C=O. The number of fused-ring (bicyclic) bond motifs is 1. The first-order valence-electron chi connectivity index (χ1n) is 4.10. The standard InChI is InChI=1S/C10H7FN2O/c1-6-9(5-14)13-8-4-2-3-7(11)10(8)12-6/h2-5H,1H3. The second-order valence-electron chi connectivity index (χ2n) is 2.92. The van der Waals surface area contributed by atoms with Crippen LogP contribution in [0.2, 0.25) is 0 Å². The summed E-state index contributed by atoms with van der Waals surface area (Å²) in [5.41, 5.74) is 1.30. The van der Waals surface area contributed by atoms with Gasteiger partial charge in [-0.2, -0.15) is 0 Å². The molecule has 0 aliphatic rings. The van der Waals surface area contributed by atoms with E-state index < -0.39 is 5.82 Å². The van der Waals surface area contributed by atoms with Gasteiger partial charge >= 0.3 is 0 Å². The molecular formula is C10H7FN2O. The topological polar surface area (TPSA) is 42.9 Å². The lowest BCUT2D eigenvalue weighted by molar-refractivity contribution is 0.111. The van der Waals surface area contributed by atoms with Gasteiger partial charge in [-0.1, -0.05) is 6.07 Å². The Labute approximate surface area is 79.6 Å². The van der Waals surface area contributed by atoms with Gasteiger partial charge in [0.05, 0.1) is 11.2 Å². The molecule has 0 amide bonds. The fourth-order valence-corrected chi connectivity index (χ4v) is 1.25. The molecule has 0 N–H and O–H groups in total. The minimum absolute atomic E-state index is 0.204. The van der Waals surface area contributed by atoms with E-state index in [4.69, 9.17) is 0 Å². The molecular weight excluding hydrogens is 183 g/mol. The Hall–Kier alpha value is -1.84. The average Bonchev–Trinajstić information content (AvgIpc) is 2.19. The van der Waals surface area contributed by atoms with E-state index in [1.807, 2.05) is 0 Å². The van der Waals surface area contributed by atoms with Crippen LogP contribution in [0.15, 0.2) is 18.2 Å². The predicted octanol–water partition coefficient (Wildman–Crippen LogP) is 1.89. The summed E-state index contributed by atoms with van der Waals surface area (Å²) in [4.78, 5) is 18.5. The van der Waals surface area contributed by atoms with Gasteiger partial charge in [0.1, 0.15) is 11.2 Å². The van der Waals surface area contributed by atoms with E-state index in [2.05, 4.69) is 9.97 Å². The van der Waals surface area contributed by atoms with Crippen molar-refractivity contribution in [3.63, 3.8) is 0 Å². The highest BCUT2D eigenvalue weighted by atomic mass is 19.1. The zero-order valence-corrected chi connectivity index (χ0v) is 7.49. The number of aryl methyl sites for hydroxylation is 1. The number of hydrogen-bond donors (Lipinski definition) is 0. The van der Waals surface area contributed by atoms with Crippen LogP contribution in [0.4, 0.5) is 4.39 Å². The summed E-state index contributed by atoms with van der Waals surface area (Å²) in [6.45, 7) is 1.63. The number of benzene rings is 1. The molecule has 0 radical (unpaired) electrons. The molecule has 1 aromatic carbocycles. The summed E-state index contributed by atoms with van der Waals surface area (Å²) in [5, 5.41) is 0. The molecule has 1 heterocycles. The van der Waals surface area contributed by atoms with Crippen molar-refractivity contribution in [2.75, 3.05) is 0 Å². The van der Waals surface area contributed by atoms with Crippen molar-refractivity contribution in [1.82, 2.24) is 9.97 Å². The van der Waals surface area contributed by atoms with Gasteiger partial charge in [0.2, 0.25) is 0 Å². The van der Waals surface area contributed by atoms with Gasteiger partial charge in [-0.05, 0) is 19.1 Å². The van der Waals surface area contributed by atoms with E-state index >= 15 is 0 Å². The van der Waals surface area contributed by atoms with Crippen molar-refractivity contribution in [1.29, 1.82) is 0 Å². The maximum atomic E-state index is 13.2. The third kappa shape index (κ3) is 1.25. The zero-order valence-electron chi connectivity index (χ0n) is 7.49. The number of hydrogen-bond acceptors (Lipinski definition) is 3.